The van der Waals surface area contributed by atoms with Crippen molar-refractivity contribution in [2.45, 2.75) is 0 Å². The third-order valence-electron chi connectivity index (χ3n) is 1.45. The van der Waals surface area contributed by atoms with Crippen LogP contribution in [0.1, 0.15) is 0 Å². The summed E-state index contributed by atoms with van der Waals surface area (Å²) >= 11 is 0. The summed E-state index contributed by atoms with van der Waals surface area (Å²) in [6.45, 7) is 0. The van der Waals surface area contributed by atoms with Crippen molar-refractivity contribution >= 4 is 0 Å². The Kier molecular flexibility index (Phi) is 2.27. The molecule has 0 N–H and O–H groups in total. The van der Waals surface area contributed by atoms with E-state index in [1.165, 1.54) is 10.4 Å². The van der Waals surface area contributed by atoms with E-state index in [4.69, 9.17) is 0 Å². The fraction of sp³-hybridized carbons (Fsp3) is 0. The monoisotopic (exact) mass is 122 g/mol. The summed E-state index contributed by atoms with van der Waals surface area (Å²) in [6, 6.07) is 14.6. The maximum Gasteiger partial charge on any atom is 1.00 e. The molecule has 2 rings (SSSR count). The van der Waals surface area contributed by atoms with E-state index in [9.17, 15) is 0 Å². The molecule has 0 nitrogen and oxygen atoms in total. The van der Waals surface area contributed by atoms with Gasteiger partial charge in [0.05, 0.1) is 0 Å². The van der Waals surface area contributed by atoms with E-state index >= 15 is 0 Å². The maximum atomic E-state index is 2.17. The van der Waals surface area contributed by atoms with E-state index in [0.29, 0.717) is 0 Å². The van der Waals surface area contributed by atoms with E-state index in [0.717, 1.165) is 0 Å². The van der Waals surface area contributed by atoms with E-state index in [1.807, 2.05) is 12.1 Å². The third-order valence-corrected chi connectivity index (χ3v) is 1.45. The second-order valence-corrected chi connectivity index (χ2v) is 2.16. The van der Waals surface area contributed by atoms with Crippen LogP contribution in [0.3, 0.4) is 0 Å². The number of rotatable bonds is 0. The van der Waals surface area contributed by atoms with Crippen LogP contribution in [0.15, 0.2) is 42.5 Å². The second kappa shape index (κ2) is 3.01. The van der Waals surface area contributed by atoms with Crippen LogP contribution in [-0.4, -0.2) is 0 Å². The molecule has 0 unspecified atom stereocenters. The van der Waals surface area contributed by atoms with Crippen molar-refractivity contribution in [1.82, 2.24) is 0 Å². The first kappa shape index (κ1) is 7.53. The molecule has 0 aromatic heterocycles. The molecule has 44 valence electrons. The smallest absolute Gasteiger partial charge is 0.193 e. The molecule has 0 radical (unpaired) electrons. The largest absolute Gasteiger partial charge is 1.00 e. The molecule has 10 heavy (non-hydrogen) atoms. The van der Waals surface area contributed by atoms with Gasteiger partial charge >= 0.3 is 18.9 Å². The van der Waals surface area contributed by atoms with Crippen LogP contribution in [0.4, 0.5) is 0 Å². The van der Waals surface area contributed by atoms with Gasteiger partial charge in [-0.1, -0.05) is 12.1 Å². The van der Waals surface area contributed by atoms with Gasteiger partial charge in [0.1, 0.15) is 0 Å². The first-order chi connectivity index (χ1) is 4.47. The van der Waals surface area contributed by atoms with Crippen LogP contribution < -0.4 is 18.9 Å². The molecular formula is C9H7Li. The third kappa shape index (κ3) is 1.47. The number of hydrogen-bond acceptors (Lipinski definition) is 0. The van der Waals surface area contributed by atoms with Crippen molar-refractivity contribution in [1.29, 1.82) is 0 Å². The Balaban J connectivity index is 0.000000500. The Morgan fingerprint density at radius 2 is 1.30 bits per heavy atom. The predicted molar refractivity (Wildman–Crippen MR) is 37.3 cm³/mol. The van der Waals surface area contributed by atoms with Gasteiger partial charge in [-0.05, 0) is 0 Å². The zero-order valence-electron chi connectivity index (χ0n) is 6.04. The van der Waals surface area contributed by atoms with Crippen molar-refractivity contribution in [3.63, 3.8) is 0 Å². The van der Waals surface area contributed by atoms with E-state index in [2.05, 4.69) is 30.3 Å². The Morgan fingerprint density at radius 1 is 0.800 bits per heavy atom. The molecule has 0 fully saturated rings. The molecule has 0 atom stereocenters. The molecule has 1 heteroatoms. The van der Waals surface area contributed by atoms with Gasteiger partial charge in [0.2, 0.25) is 0 Å². The minimum Gasteiger partial charge on any atom is -0.193 e. The zero-order chi connectivity index (χ0) is 6.10. The normalized spacial score (nSPS) is 9.20. The van der Waals surface area contributed by atoms with E-state index in [-0.39, 0.29) is 18.9 Å². The average molecular weight is 122 g/mol. The standard InChI is InChI=1S/C9H7.Li/c1-2-4-6-9-7-8(9)5-3-1;/h1-7H;/q-1;+1. The Hall–Kier alpha value is -0.573. The summed E-state index contributed by atoms with van der Waals surface area (Å²) in [6.07, 6.45) is 0. The summed E-state index contributed by atoms with van der Waals surface area (Å²) in [5, 5.41) is 2.74. The molecule has 0 saturated heterocycles. The molecule has 0 aromatic carbocycles. The Bertz CT molecular complexity index is 314. The van der Waals surface area contributed by atoms with Gasteiger partial charge in [-0.15, -0.1) is 12.1 Å². The first-order valence-corrected chi connectivity index (χ1v) is 3.07. The Labute approximate surface area is 72.1 Å². The van der Waals surface area contributed by atoms with E-state index < -0.39 is 0 Å². The van der Waals surface area contributed by atoms with Crippen LogP contribution in [0.25, 0.3) is 0 Å². The minimum absolute atomic E-state index is 0. The number of hydrogen-bond donors (Lipinski definition) is 0. The molecule has 0 saturated carbocycles. The van der Waals surface area contributed by atoms with Gasteiger partial charge in [-0.2, -0.15) is 28.6 Å². The SMILES string of the molecule is [Li+].c1cccc2[cH-]c=2cc1. The molecule has 0 amide bonds. The molecule has 2 aliphatic carbocycles. The quantitative estimate of drug-likeness (QED) is 0.315. The molecule has 0 heterocycles. The van der Waals surface area contributed by atoms with Crippen LogP contribution in [0.5, 0.6) is 0 Å². The summed E-state index contributed by atoms with van der Waals surface area (Å²) in [5.74, 6) is 0. The second-order valence-electron chi connectivity index (χ2n) is 2.16. The van der Waals surface area contributed by atoms with E-state index in [1.54, 1.807) is 0 Å². The van der Waals surface area contributed by atoms with Crippen molar-refractivity contribution in [2.75, 3.05) is 0 Å². The molecule has 0 aromatic rings. The van der Waals surface area contributed by atoms with Gasteiger partial charge < -0.3 is 0 Å². The van der Waals surface area contributed by atoms with Crippen LogP contribution in [0.2, 0.25) is 0 Å². The van der Waals surface area contributed by atoms with Gasteiger partial charge in [0.15, 0.2) is 0 Å². The van der Waals surface area contributed by atoms with Crippen molar-refractivity contribution in [2.24, 2.45) is 0 Å². The molecule has 0 aliphatic heterocycles. The topological polar surface area (TPSA) is 0 Å². The molecule has 2 aliphatic rings. The van der Waals surface area contributed by atoms with Crippen LogP contribution >= 0.6 is 0 Å². The van der Waals surface area contributed by atoms with Crippen molar-refractivity contribution in [3.8, 4) is 0 Å². The fourth-order valence-corrected chi connectivity index (χ4v) is 0.867. The van der Waals surface area contributed by atoms with Gasteiger partial charge in [0.25, 0.3) is 0 Å². The van der Waals surface area contributed by atoms with Gasteiger partial charge in [-0.3, -0.25) is 0 Å². The van der Waals surface area contributed by atoms with Crippen LogP contribution in [-0.2, 0) is 0 Å². The summed E-state index contributed by atoms with van der Waals surface area (Å²) in [4.78, 5) is 0. The molecular weight excluding hydrogens is 115 g/mol. The minimum atomic E-state index is 0. The maximum absolute atomic E-state index is 2.17. The summed E-state index contributed by atoms with van der Waals surface area (Å²) in [5.41, 5.74) is 0. The predicted octanol–water partition coefficient (Wildman–Crippen LogP) is -0.866. The zero-order valence-corrected chi connectivity index (χ0v) is 6.04. The average Bonchev–Trinajstić information content (AvgIpc) is 2.46. The van der Waals surface area contributed by atoms with Gasteiger partial charge in [0, 0.05) is 0 Å². The fourth-order valence-electron chi connectivity index (χ4n) is 0.867. The first-order valence-electron chi connectivity index (χ1n) is 3.07. The van der Waals surface area contributed by atoms with Crippen molar-refractivity contribution in [3.05, 3.63) is 52.9 Å². The van der Waals surface area contributed by atoms with Gasteiger partial charge in [-0.25, -0.2) is 0 Å². The summed E-state index contributed by atoms with van der Waals surface area (Å²) < 4.78 is 0. The van der Waals surface area contributed by atoms with Crippen LogP contribution in [0, 0.1) is 10.4 Å². The molecule has 0 bridgehead atoms. The van der Waals surface area contributed by atoms with Crippen molar-refractivity contribution < 1.29 is 18.9 Å². The Morgan fingerprint density at radius 3 is 1.80 bits per heavy atom. The molecule has 0 spiro atoms. The summed E-state index contributed by atoms with van der Waals surface area (Å²) in [7, 11) is 0.